The number of hydrogen-bond donors (Lipinski definition) is 2. The maximum atomic E-state index is 12.1. The van der Waals surface area contributed by atoms with Gasteiger partial charge in [-0.05, 0) is 44.0 Å². The Kier molecular flexibility index (Phi) is 5.35. The first kappa shape index (κ1) is 16.8. The number of nitrogens with zero attached hydrogens (tertiary/aromatic N) is 1. The molecule has 1 aromatic carbocycles. The second-order valence-electron chi connectivity index (χ2n) is 6.58. The summed E-state index contributed by atoms with van der Waals surface area (Å²) in [6, 6.07) is 7.58. The second kappa shape index (κ2) is 7.66. The third-order valence-corrected chi connectivity index (χ3v) is 4.70. The molecule has 3 rings (SSSR count). The molecule has 130 valence electrons. The molecular weight excluding hydrogens is 306 g/mol. The molecule has 2 aliphatic rings. The first-order valence-corrected chi connectivity index (χ1v) is 8.67. The molecule has 6 heteroatoms. The lowest BCUT2D eigenvalue weighted by atomic mass is 9.95. The fourth-order valence-corrected chi connectivity index (χ4v) is 3.29. The molecule has 6 nitrogen and oxygen atoms in total. The quantitative estimate of drug-likeness (QED) is 0.853. The SMILES string of the molecule is CC1CNCCC1NC(=O)COc1cccc(N2CCCC2=O)c1. The number of ether oxygens (including phenoxy) is 1. The molecule has 0 saturated carbocycles. The van der Waals surface area contributed by atoms with Crippen LogP contribution in [0, 0.1) is 5.92 Å². The highest BCUT2D eigenvalue weighted by atomic mass is 16.5. The van der Waals surface area contributed by atoms with E-state index in [2.05, 4.69) is 17.6 Å². The predicted molar refractivity (Wildman–Crippen MR) is 92.1 cm³/mol. The highest BCUT2D eigenvalue weighted by Gasteiger charge is 2.23. The van der Waals surface area contributed by atoms with Crippen LogP contribution in [0.15, 0.2) is 24.3 Å². The van der Waals surface area contributed by atoms with Crippen LogP contribution in [0.25, 0.3) is 0 Å². The number of hydrogen-bond acceptors (Lipinski definition) is 4. The Morgan fingerprint density at radius 1 is 1.46 bits per heavy atom. The van der Waals surface area contributed by atoms with Crippen LogP contribution < -0.4 is 20.3 Å². The summed E-state index contributed by atoms with van der Waals surface area (Å²) >= 11 is 0. The summed E-state index contributed by atoms with van der Waals surface area (Å²) in [4.78, 5) is 25.7. The van der Waals surface area contributed by atoms with Crippen molar-refractivity contribution in [1.29, 1.82) is 0 Å². The first-order chi connectivity index (χ1) is 11.6. The van der Waals surface area contributed by atoms with Gasteiger partial charge >= 0.3 is 0 Å². The molecular formula is C18H25N3O3. The fourth-order valence-electron chi connectivity index (χ4n) is 3.29. The maximum absolute atomic E-state index is 12.1. The number of carbonyl (C=O) groups is 2. The molecule has 2 aliphatic heterocycles. The van der Waals surface area contributed by atoms with Gasteiger partial charge in [-0.2, -0.15) is 0 Å². The molecule has 2 saturated heterocycles. The molecule has 2 N–H and O–H groups in total. The van der Waals surface area contributed by atoms with Crippen LogP contribution in [0.2, 0.25) is 0 Å². The van der Waals surface area contributed by atoms with E-state index in [0.29, 0.717) is 18.1 Å². The zero-order chi connectivity index (χ0) is 16.9. The van der Waals surface area contributed by atoms with Gasteiger partial charge in [0.1, 0.15) is 5.75 Å². The van der Waals surface area contributed by atoms with Crippen molar-refractivity contribution in [2.45, 2.75) is 32.2 Å². The number of amides is 2. The van der Waals surface area contributed by atoms with Crippen molar-refractivity contribution in [1.82, 2.24) is 10.6 Å². The number of nitrogens with one attached hydrogen (secondary N) is 2. The molecule has 0 radical (unpaired) electrons. The van der Waals surface area contributed by atoms with Crippen LogP contribution in [0.3, 0.4) is 0 Å². The Hall–Kier alpha value is -2.08. The average molecular weight is 331 g/mol. The van der Waals surface area contributed by atoms with Gasteiger partial charge in [0, 0.05) is 30.8 Å². The molecule has 2 atom stereocenters. The number of piperidine rings is 1. The molecule has 1 aromatic rings. The normalized spacial score (nSPS) is 24.0. The monoisotopic (exact) mass is 331 g/mol. The summed E-state index contributed by atoms with van der Waals surface area (Å²) in [5.41, 5.74) is 0.836. The summed E-state index contributed by atoms with van der Waals surface area (Å²) in [5, 5.41) is 6.36. The van der Waals surface area contributed by atoms with Crippen molar-refractivity contribution in [3.63, 3.8) is 0 Å². The van der Waals surface area contributed by atoms with Crippen LogP contribution in [-0.4, -0.2) is 44.1 Å². The highest BCUT2D eigenvalue weighted by molar-refractivity contribution is 5.95. The second-order valence-corrected chi connectivity index (χ2v) is 6.58. The Morgan fingerprint density at radius 3 is 3.08 bits per heavy atom. The molecule has 2 amide bonds. The minimum atomic E-state index is -0.101. The van der Waals surface area contributed by atoms with Gasteiger partial charge in [-0.15, -0.1) is 0 Å². The number of anilines is 1. The van der Waals surface area contributed by atoms with E-state index in [9.17, 15) is 9.59 Å². The van der Waals surface area contributed by atoms with E-state index in [0.717, 1.165) is 38.2 Å². The van der Waals surface area contributed by atoms with E-state index in [1.165, 1.54) is 0 Å². The van der Waals surface area contributed by atoms with Crippen LogP contribution in [0.5, 0.6) is 5.75 Å². The molecule has 2 fully saturated rings. The number of benzene rings is 1. The van der Waals surface area contributed by atoms with Crippen molar-refractivity contribution >= 4 is 17.5 Å². The van der Waals surface area contributed by atoms with Crippen molar-refractivity contribution in [2.75, 3.05) is 31.1 Å². The smallest absolute Gasteiger partial charge is 0.258 e. The largest absolute Gasteiger partial charge is 0.484 e. The minimum absolute atomic E-state index is 0.00590. The van der Waals surface area contributed by atoms with Crippen molar-refractivity contribution in [3.8, 4) is 5.75 Å². The standard InChI is InChI=1S/C18H25N3O3/c1-13-11-19-8-7-16(13)20-17(22)12-24-15-5-2-4-14(10-15)21-9-3-6-18(21)23/h2,4-5,10,13,16,19H,3,6-9,11-12H2,1H3,(H,20,22). The maximum Gasteiger partial charge on any atom is 0.258 e. The average Bonchev–Trinajstić information content (AvgIpc) is 3.01. The summed E-state index contributed by atoms with van der Waals surface area (Å²) in [6.45, 7) is 4.73. The lowest BCUT2D eigenvalue weighted by Gasteiger charge is -2.30. The minimum Gasteiger partial charge on any atom is -0.484 e. The van der Waals surface area contributed by atoms with Gasteiger partial charge in [-0.25, -0.2) is 0 Å². The van der Waals surface area contributed by atoms with Crippen molar-refractivity contribution in [2.24, 2.45) is 5.92 Å². The molecule has 0 aromatic heterocycles. The topological polar surface area (TPSA) is 70.7 Å². The zero-order valence-corrected chi connectivity index (χ0v) is 14.1. The lowest BCUT2D eigenvalue weighted by Crippen LogP contribution is -2.49. The molecule has 2 heterocycles. The van der Waals surface area contributed by atoms with Gasteiger partial charge in [0.15, 0.2) is 6.61 Å². The van der Waals surface area contributed by atoms with E-state index < -0.39 is 0 Å². The van der Waals surface area contributed by atoms with Gasteiger partial charge < -0.3 is 20.3 Å². The Bertz CT molecular complexity index is 605. The lowest BCUT2D eigenvalue weighted by molar-refractivity contribution is -0.124. The molecule has 0 bridgehead atoms. The van der Waals surface area contributed by atoms with E-state index in [4.69, 9.17) is 4.74 Å². The van der Waals surface area contributed by atoms with Gasteiger partial charge in [-0.3, -0.25) is 9.59 Å². The van der Waals surface area contributed by atoms with E-state index in [1.807, 2.05) is 24.3 Å². The number of carbonyl (C=O) groups excluding carboxylic acids is 2. The Balaban J connectivity index is 1.52. The van der Waals surface area contributed by atoms with Crippen LogP contribution in [0.4, 0.5) is 5.69 Å². The van der Waals surface area contributed by atoms with Crippen LogP contribution in [-0.2, 0) is 9.59 Å². The summed E-state index contributed by atoms with van der Waals surface area (Å²) in [7, 11) is 0. The van der Waals surface area contributed by atoms with Crippen molar-refractivity contribution in [3.05, 3.63) is 24.3 Å². The van der Waals surface area contributed by atoms with E-state index >= 15 is 0 Å². The Morgan fingerprint density at radius 2 is 2.33 bits per heavy atom. The van der Waals surface area contributed by atoms with E-state index in [-0.39, 0.29) is 24.5 Å². The molecule has 24 heavy (non-hydrogen) atoms. The van der Waals surface area contributed by atoms with E-state index in [1.54, 1.807) is 4.90 Å². The van der Waals surface area contributed by atoms with Crippen LogP contribution in [0.1, 0.15) is 26.2 Å². The summed E-state index contributed by atoms with van der Waals surface area (Å²) in [5.74, 6) is 1.08. The van der Waals surface area contributed by atoms with Crippen LogP contribution >= 0.6 is 0 Å². The Labute approximate surface area is 142 Å². The van der Waals surface area contributed by atoms with Gasteiger partial charge in [0.05, 0.1) is 0 Å². The van der Waals surface area contributed by atoms with Gasteiger partial charge in [-0.1, -0.05) is 13.0 Å². The number of rotatable bonds is 5. The fraction of sp³-hybridized carbons (Fsp3) is 0.556. The third-order valence-electron chi connectivity index (χ3n) is 4.70. The van der Waals surface area contributed by atoms with Gasteiger partial charge in [0.2, 0.25) is 5.91 Å². The molecule has 0 aliphatic carbocycles. The molecule has 2 unspecified atom stereocenters. The molecule has 0 spiro atoms. The predicted octanol–water partition coefficient (Wildman–Crippen LogP) is 1.31. The third kappa shape index (κ3) is 4.06. The summed E-state index contributed by atoms with van der Waals surface area (Å²) in [6.07, 6.45) is 2.43. The van der Waals surface area contributed by atoms with Gasteiger partial charge in [0.25, 0.3) is 5.91 Å². The van der Waals surface area contributed by atoms with Crippen molar-refractivity contribution < 1.29 is 14.3 Å². The zero-order valence-electron chi connectivity index (χ0n) is 14.1. The highest BCUT2D eigenvalue weighted by Crippen LogP contribution is 2.25. The first-order valence-electron chi connectivity index (χ1n) is 8.67. The summed E-state index contributed by atoms with van der Waals surface area (Å²) < 4.78 is 5.61.